The smallest absolute Gasteiger partial charge is 0.496 e. The quantitative estimate of drug-likeness (QED) is 0.491. The first-order valence-corrected chi connectivity index (χ1v) is 9.61. The molecule has 0 aliphatic heterocycles. The van der Waals surface area contributed by atoms with Crippen LogP contribution in [0.15, 0.2) is 54.6 Å². The van der Waals surface area contributed by atoms with Gasteiger partial charge < -0.3 is 20.1 Å². The van der Waals surface area contributed by atoms with Gasteiger partial charge in [-0.1, -0.05) is 30.3 Å². The summed E-state index contributed by atoms with van der Waals surface area (Å²) < 4.78 is 47.2. The molecule has 9 heteroatoms. The van der Waals surface area contributed by atoms with Crippen molar-refractivity contribution in [2.45, 2.75) is 32.8 Å². The summed E-state index contributed by atoms with van der Waals surface area (Å²) in [6, 6.07) is 15.0. The fraction of sp³-hybridized carbons (Fsp3) is 0.273. The van der Waals surface area contributed by atoms with Crippen LogP contribution in [-0.4, -0.2) is 29.5 Å². The first kappa shape index (κ1) is 22.2. The van der Waals surface area contributed by atoms with E-state index in [1.807, 2.05) is 38.1 Å². The molecule has 0 fully saturated rings. The van der Waals surface area contributed by atoms with Crippen molar-refractivity contribution in [3.05, 3.63) is 60.2 Å². The molecule has 2 aromatic carbocycles. The number of benzene rings is 2. The van der Waals surface area contributed by atoms with Crippen molar-refractivity contribution in [2.24, 2.45) is 0 Å². The Bertz CT molecular complexity index is 1030. The Balaban J connectivity index is 1.91. The number of rotatable bonds is 8. The van der Waals surface area contributed by atoms with Gasteiger partial charge in [0.2, 0.25) is 5.95 Å². The average Bonchev–Trinajstić information content (AvgIpc) is 2.71. The molecule has 0 spiro atoms. The van der Waals surface area contributed by atoms with E-state index in [1.54, 1.807) is 19.2 Å². The van der Waals surface area contributed by atoms with Crippen LogP contribution >= 0.6 is 0 Å². The molecular weight excluding hydrogens is 409 g/mol. The van der Waals surface area contributed by atoms with Gasteiger partial charge >= 0.3 is 6.36 Å². The summed E-state index contributed by atoms with van der Waals surface area (Å²) in [7, 11) is 1.60. The van der Waals surface area contributed by atoms with Gasteiger partial charge in [-0.15, -0.1) is 13.2 Å². The number of halogens is 3. The normalized spacial score (nSPS) is 11.3. The van der Waals surface area contributed by atoms with Gasteiger partial charge in [-0.3, -0.25) is 0 Å². The maximum absolute atomic E-state index is 12.6. The second-order valence-corrected chi connectivity index (χ2v) is 7.00. The van der Waals surface area contributed by atoms with Crippen LogP contribution in [-0.2, 0) is 6.54 Å². The molecule has 0 aliphatic carbocycles. The van der Waals surface area contributed by atoms with Gasteiger partial charge in [0.1, 0.15) is 17.3 Å². The lowest BCUT2D eigenvalue weighted by Crippen LogP contribution is -2.17. The summed E-state index contributed by atoms with van der Waals surface area (Å²) in [5, 5.41) is 6.36. The van der Waals surface area contributed by atoms with Crippen LogP contribution in [0.2, 0.25) is 0 Å². The largest absolute Gasteiger partial charge is 0.573 e. The molecule has 1 aromatic heterocycles. The van der Waals surface area contributed by atoms with Gasteiger partial charge in [-0.25, -0.2) is 4.98 Å². The molecule has 1 heterocycles. The van der Waals surface area contributed by atoms with E-state index in [-0.39, 0.29) is 11.8 Å². The monoisotopic (exact) mass is 432 g/mol. The highest BCUT2D eigenvalue weighted by Gasteiger charge is 2.31. The minimum Gasteiger partial charge on any atom is -0.496 e. The molecule has 0 saturated heterocycles. The summed E-state index contributed by atoms with van der Waals surface area (Å²) in [5.41, 5.74) is 1.86. The Labute approximate surface area is 178 Å². The maximum Gasteiger partial charge on any atom is 0.573 e. The van der Waals surface area contributed by atoms with E-state index < -0.39 is 6.36 Å². The number of para-hydroxylation sites is 1. The molecular formula is C22H23F3N4O2. The van der Waals surface area contributed by atoms with Crippen LogP contribution in [0.1, 0.15) is 19.4 Å². The van der Waals surface area contributed by atoms with Gasteiger partial charge in [0, 0.05) is 29.8 Å². The van der Waals surface area contributed by atoms with Crippen molar-refractivity contribution in [3.8, 4) is 22.8 Å². The standard InChI is InChI=1S/C22H23F3N4O2/c1-14(2)27-21-28-18(15-8-6-9-17(11-15)31-22(23,24)25)12-20(29-21)26-13-16-7-4-5-10-19(16)30-3/h4-12,14H,13H2,1-3H3,(H2,26,27,28,29). The van der Waals surface area contributed by atoms with E-state index in [1.165, 1.54) is 18.2 Å². The van der Waals surface area contributed by atoms with Crippen LogP contribution in [0.5, 0.6) is 11.5 Å². The van der Waals surface area contributed by atoms with E-state index in [4.69, 9.17) is 4.74 Å². The molecule has 0 bridgehead atoms. The third kappa shape index (κ3) is 6.50. The van der Waals surface area contributed by atoms with Gasteiger partial charge in [0.25, 0.3) is 0 Å². The van der Waals surface area contributed by atoms with Crippen molar-refractivity contribution in [3.63, 3.8) is 0 Å². The lowest BCUT2D eigenvalue weighted by molar-refractivity contribution is -0.274. The number of methoxy groups -OCH3 is 1. The van der Waals surface area contributed by atoms with Crippen LogP contribution in [0.3, 0.4) is 0 Å². The molecule has 164 valence electrons. The minimum atomic E-state index is -4.77. The maximum atomic E-state index is 12.6. The molecule has 31 heavy (non-hydrogen) atoms. The van der Waals surface area contributed by atoms with E-state index in [0.717, 1.165) is 11.3 Å². The highest BCUT2D eigenvalue weighted by Crippen LogP contribution is 2.29. The van der Waals surface area contributed by atoms with Gasteiger partial charge in [-0.05, 0) is 32.0 Å². The highest BCUT2D eigenvalue weighted by molar-refractivity contribution is 5.66. The van der Waals surface area contributed by atoms with Crippen LogP contribution in [0.4, 0.5) is 24.9 Å². The van der Waals surface area contributed by atoms with Gasteiger partial charge in [-0.2, -0.15) is 4.98 Å². The van der Waals surface area contributed by atoms with E-state index in [9.17, 15) is 13.2 Å². The number of hydrogen-bond donors (Lipinski definition) is 2. The van der Waals surface area contributed by atoms with Crippen LogP contribution in [0, 0.1) is 0 Å². The fourth-order valence-corrected chi connectivity index (χ4v) is 2.90. The van der Waals surface area contributed by atoms with Crippen molar-refractivity contribution in [1.82, 2.24) is 9.97 Å². The zero-order valence-corrected chi connectivity index (χ0v) is 17.3. The molecule has 0 aliphatic rings. The Morgan fingerprint density at radius 3 is 2.48 bits per heavy atom. The van der Waals surface area contributed by atoms with E-state index >= 15 is 0 Å². The Morgan fingerprint density at radius 2 is 1.77 bits per heavy atom. The second-order valence-electron chi connectivity index (χ2n) is 7.00. The Hall–Kier alpha value is -3.49. The van der Waals surface area contributed by atoms with Crippen molar-refractivity contribution in [1.29, 1.82) is 0 Å². The lowest BCUT2D eigenvalue weighted by atomic mass is 10.1. The van der Waals surface area contributed by atoms with E-state index in [2.05, 4.69) is 25.3 Å². The number of alkyl halides is 3. The lowest BCUT2D eigenvalue weighted by Gasteiger charge is -2.15. The first-order chi connectivity index (χ1) is 14.7. The molecule has 3 rings (SSSR count). The molecule has 0 radical (unpaired) electrons. The molecule has 0 unspecified atom stereocenters. The topological polar surface area (TPSA) is 68.3 Å². The summed E-state index contributed by atoms with van der Waals surface area (Å²) in [5.74, 6) is 1.30. The number of nitrogens with zero attached hydrogens (tertiary/aromatic N) is 2. The predicted molar refractivity (Wildman–Crippen MR) is 113 cm³/mol. The molecule has 0 saturated carbocycles. The van der Waals surface area contributed by atoms with Gasteiger partial charge in [0.05, 0.1) is 12.8 Å². The molecule has 2 N–H and O–H groups in total. The van der Waals surface area contributed by atoms with Crippen molar-refractivity contribution >= 4 is 11.8 Å². The molecule has 0 atom stereocenters. The van der Waals surface area contributed by atoms with Crippen LogP contribution < -0.4 is 20.1 Å². The second kappa shape index (κ2) is 9.55. The fourth-order valence-electron chi connectivity index (χ4n) is 2.90. The summed E-state index contributed by atoms with van der Waals surface area (Å²) in [6.07, 6.45) is -4.77. The minimum absolute atomic E-state index is 0.0669. The zero-order chi connectivity index (χ0) is 22.4. The number of nitrogens with one attached hydrogen (secondary N) is 2. The average molecular weight is 432 g/mol. The predicted octanol–water partition coefficient (Wildman–Crippen LogP) is 5.48. The number of ether oxygens (including phenoxy) is 2. The summed E-state index contributed by atoms with van der Waals surface area (Å²) >= 11 is 0. The first-order valence-electron chi connectivity index (χ1n) is 9.61. The molecule has 6 nitrogen and oxygen atoms in total. The third-order valence-electron chi connectivity index (χ3n) is 4.16. The Morgan fingerprint density at radius 1 is 1.00 bits per heavy atom. The Kier molecular flexibility index (Phi) is 6.84. The third-order valence-corrected chi connectivity index (χ3v) is 4.16. The van der Waals surface area contributed by atoms with Crippen LogP contribution in [0.25, 0.3) is 11.3 Å². The molecule has 0 amide bonds. The SMILES string of the molecule is COc1ccccc1CNc1cc(-c2cccc(OC(F)(F)F)c2)nc(NC(C)C)n1. The van der Waals surface area contributed by atoms with Gasteiger partial charge in [0.15, 0.2) is 0 Å². The number of hydrogen-bond acceptors (Lipinski definition) is 6. The van der Waals surface area contributed by atoms with Crippen molar-refractivity contribution < 1.29 is 22.6 Å². The number of aromatic nitrogens is 2. The zero-order valence-electron chi connectivity index (χ0n) is 17.3. The summed E-state index contributed by atoms with van der Waals surface area (Å²) in [6.45, 7) is 4.32. The number of anilines is 2. The highest BCUT2D eigenvalue weighted by atomic mass is 19.4. The summed E-state index contributed by atoms with van der Waals surface area (Å²) in [4.78, 5) is 8.91. The van der Waals surface area contributed by atoms with Crippen molar-refractivity contribution in [2.75, 3.05) is 17.7 Å². The molecule has 3 aromatic rings. The van der Waals surface area contributed by atoms with E-state index in [0.29, 0.717) is 29.6 Å².